The molecule has 84 valence electrons. The van der Waals surface area contributed by atoms with Crippen molar-refractivity contribution in [2.75, 3.05) is 0 Å². The van der Waals surface area contributed by atoms with Crippen LogP contribution in [0.25, 0.3) is 0 Å². The summed E-state index contributed by atoms with van der Waals surface area (Å²) in [7, 11) is 0. The molecule has 0 unspecified atom stereocenters. The Morgan fingerprint density at radius 3 is 2.69 bits per heavy atom. The standard InChI is InChI=1S/C13H15NO2/c1-9(2)15-13-10(8-14)4-3-5-12(13)16-11-6-7-11/h3-5,9,11H,6-7H2,1-2H3. The summed E-state index contributed by atoms with van der Waals surface area (Å²) in [6.45, 7) is 3.88. The Morgan fingerprint density at radius 2 is 2.12 bits per heavy atom. The lowest BCUT2D eigenvalue weighted by Crippen LogP contribution is -2.09. The second-order valence-corrected chi connectivity index (χ2v) is 4.23. The Balaban J connectivity index is 2.29. The molecule has 3 heteroatoms. The maximum Gasteiger partial charge on any atom is 0.179 e. The zero-order valence-electron chi connectivity index (χ0n) is 9.56. The van der Waals surface area contributed by atoms with Gasteiger partial charge in [0.25, 0.3) is 0 Å². The summed E-state index contributed by atoms with van der Waals surface area (Å²) in [4.78, 5) is 0. The first-order chi connectivity index (χ1) is 7.70. The van der Waals surface area contributed by atoms with Gasteiger partial charge in [0.2, 0.25) is 0 Å². The fourth-order valence-electron chi connectivity index (χ4n) is 1.42. The highest BCUT2D eigenvalue weighted by atomic mass is 16.5. The molecule has 0 bridgehead atoms. The van der Waals surface area contributed by atoms with Gasteiger partial charge in [-0.1, -0.05) is 6.07 Å². The predicted molar refractivity (Wildman–Crippen MR) is 60.6 cm³/mol. The van der Waals surface area contributed by atoms with Crippen molar-refractivity contribution in [3.8, 4) is 17.6 Å². The molecule has 0 aliphatic heterocycles. The van der Waals surface area contributed by atoms with Gasteiger partial charge in [-0.2, -0.15) is 5.26 Å². The van der Waals surface area contributed by atoms with Gasteiger partial charge >= 0.3 is 0 Å². The molecular formula is C13H15NO2. The van der Waals surface area contributed by atoms with Crippen molar-refractivity contribution in [1.82, 2.24) is 0 Å². The van der Waals surface area contributed by atoms with Crippen molar-refractivity contribution in [2.24, 2.45) is 0 Å². The van der Waals surface area contributed by atoms with Crippen molar-refractivity contribution >= 4 is 0 Å². The molecule has 0 aromatic heterocycles. The summed E-state index contributed by atoms with van der Waals surface area (Å²) in [6, 6.07) is 7.56. The number of ether oxygens (including phenoxy) is 2. The molecule has 0 saturated heterocycles. The van der Waals surface area contributed by atoms with Crippen molar-refractivity contribution < 1.29 is 9.47 Å². The van der Waals surface area contributed by atoms with Crippen molar-refractivity contribution in [3.05, 3.63) is 23.8 Å². The summed E-state index contributed by atoms with van der Waals surface area (Å²) >= 11 is 0. The second kappa shape index (κ2) is 4.44. The summed E-state index contributed by atoms with van der Waals surface area (Å²) in [5, 5.41) is 9.02. The van der Waals surface area contributed by atoms with Crippen LogP contribution in [-0.2, 0) is 0 Å². The number of benzene rings is 1. The topological polar surface area (TPSA) is 42.2 Å². The quantitative estimate of drug-likeness (QED) is 0.778. The van der Waals surface area contributed by atoms with Crippen molar-refractivity contribution in [2.45, 2.75) is 38.9 Å². The summed E-state index contributed by atoms with van der Waals surface area (Å²) in [6.07, 6.45) is 2.54. The third-order valence-corrected chi connectivity index (χ3v) is 2.27. The first-order valence-electron chi connectivity index (χ1n) is 5.57. The minimum atomic E-state index is 0.0380. The van der Waals surface area contributed by atoms with Crippen LogP contribution < -0.4 is 9.47 Å². The van der Waals surface area contributed by atoms with Crippen LogP contribution in [0.2, 0.25) is 0 Å². The number of nitriles is 1. The van der Waals surface area contributed by atoms with Crippen LogP contribution in [0, 0.1) is 11.3 Å². The highest BCUT2D eigenvalue weighted by Crippen LogP contribution is 2.36. The van der Waals surface area contributed by atoms with E-state index in [0.717, 1.165) is 12.8 Å². The van der Waals surface area contributed by atoms with Crippen molar-refractivity contribution in [1.29, 1.82) is 5.26 Å². The molecule has 0 N–H and O–H groups in total. The zero-order chi connectivity index (χ0) is 11.5. The van der Waals surface area contributed by atoms with Crippen molar-refractivity contribution in [3.63, 3.8) is 0 Å². The maximum absolute atomic E-state index is 9.02. The maximum atomic E-state index is 9.02. The van der Waals surface area contributed by atoms with E-state index in [0.29, 0.717) is 23.2 Å². The van der Waals surface area contributed by atoms with Crippen LogP contribution in [-0.4, -0.2) is 12.2 Å². The zero-order valence-corrected chi connectivity index (χ0v) is 9.56. The molecule has 0 spiro atoms. The smallest absolute Gasteiger partial charge is 0.179 e. The van der Waals surface area contributed by atoms with E-state index >= 15 is 0 Å². The second-order valence-electron chi connectivity index (χ2n) is 4.23. The van der Waals surface area contributed by atoms with Gasteiger partial charge in [-0.25, -0.2) is 0 Å². The first kappa shape index (κ1) is 10.8. The van der Waals surface area contributed by atoms with Gasteiger partial charge in [-0.3, -0.25) is 0 Å². The van der Waals surface area contributed by atoms with Crippen LogP contribution in [0.1, 0.15) is 32.3 Å². The van der Waals surface area contributed by atoms with Gasteiger partial charge in [-0.05, 0) is 38.8 Å². The fourth-order valence-corrected chi connectivity index (χ4v) is 1.42. The Bertz CT molecular complexity index is 416. The van der Waals surface area contributed by atoms with Gasteiger partial charge in [0, 0.05) is 0 Å². The number of hydrogen-bond donors (Lipinski definition) is 0. The van der Waals surface area contributed by atoms with Crippen LogP contribution in [0.4, 0.5) is 0 Å². The van der Waals surface area contributed by atoms with E-state index in [1.54, 1.807) is 6.07 Å². The number of nitrogens with zero attached hydrogens (tertiary/aromatic N) is 1. The summed E-state index contributed by atoms with van der Waals surface area (Å²) in [5.41, 5.74) is 0.534. The summed E-state index contributed by atoms with van der Waals surface area (Å²) < 4.78 is 11.4. The van der Waals surface area contributed by atoms with E-state index in [4.69, 9.17) is 14.7 Å². The average molecular weight is 217 g/mol. The van der Waals surface area contributed by atoms with E-state index < -0.39 is 0 Å². The Hall–Kier alpha value is -1.69. The third kappa shape index (κ3) is 2.46. The molecule has 3 nitrogen and oxygen atoms in total. The van der Waals surface area contributed by atoms with Crippen LogP contribution in [0.5, 0.6) is 11.5 Å². The lowest BCUT2D eigenvalue weighted by molar-refractivity contribution is 0.217. The lowest BCUT2D eigenvalue weighted by atomic mass is 10.2. The minimum absolute atomic E-state index is 0.0380. The Morgan fingerprint density at radius 1 is 1.38 bits per heavy atom. The molecular weight excluding hydrogens is 202 g/mol. The molecule has 1 aromatic carbocycles. The molecule has 1 saturated carbocycles. The van der Waals surface area contributed by atoms with E-state index in [1.807, 2.05) is 26.0 Å². The van der Waals surface area contributed by atoms with Gasteiger partial charge < -0.3 is 9.47 Å². The lowest BCUT2D eigenvalue weighted by Gasteiger charge is -2.15. The molecule has 1 aliphatic rings. The van der Waals surface area contributed by atoms with E-state index in [2.05, 4.69) is 6.07 Å². The number of para-hydroxylation sites is 1. The fraction of sp³-hybridized carbons (Fsp3) is 0.462. The van der Waals surface area contributed by atoms with Crippen LogP contribution in [0.3, 0.4) is 0 Å². The van der Waals surface area contributed by atoms with E-state index in [-0.39, 0.29) is 6.10 Å². The number of rotatable bonds is 4. The molecule has 1 fully saturated rings. The van der Waals surface area contributed by atoms with Crippen LogP contribution >= 0.6 is 0 Å². The third-order valence-electron chi connectivity index (χ3n) is 2.27. The monoisotopic (exact) mass is 217 g/mol. The van der Waals surface area contributed by atoms with Gasteiger partial charge in [0.1, 0.15) is 6.07 Å². The Kier molecular flexibility index (Phi) is 3.00. The Labute approximate surface area is 95.6 Å². The van der Waals surface area contributed by atoms with Crippen LogP contribution in [0.15, 0.2) is 18.2 Å². The van der Waals surface area contributed by atoms with Gasteiger partial charge in [0.05, 0.1) is 17.8 Å². The average Bonchev–Trinajstić information content (AvgIpc) is 3.04. The van der Waals surface area contributed by atoms with Gasteiger partial charge in [-0.15, -0.1) is 0 Å². The van der Waals surface area contributed by atoms with E-state index in [1.165, 1.54) is 0 Å². The molecule has 0 radical (unpaired) electrons. The molecule has 1 aliphatic carbocycles. The van der Waals surface area contributed by atoms with E-state index in [9.17, 15) is 0 Å². The SMILES string of the molecule is CC(C)Oc1c(C#N)cccc1OC1CC1. The minimum Gasteiger partial charge on any atom is -0.486 e. The molecule has 16 heavy (non-hydrogen) atoms. The molecule has 0 amide bonds. The molecule has 1 aromatic rings. The highest BCUT2D eigenvalue weighted by molar-refractivity contribution is 5.52. The normalized spacial score (nSPS) is 14.6. The first-order valence-corrected chi connectivity index (χ1v) is 5.57. The molecule has 0 atom stereocenters. The highest BCUT2D eigenvalue weighted by Gasteiger charge is 2.25. The largest absolute Gasteiger partial charge is 0.486 e. The molecule has 0 heterocycles. The predicted octanol–water partition coefficient (Wildman–Crippen LogP) is 2.89. The molecule has 2 rings (SSSR count). The summed E-state index contributed by atoms with van der Waals surface area (Å²) in [5.74, 6) is 1.27. The number of hydrogen-bond acceptors (Lipinski definition) is 3. The van der Waals surface area contributed by atoms with Gasteiger partial charge in [0.15, 0.2) is 11.5 Å².